The Balaban J connectivity index is 2.98. The van der Waals surface area contributed by atoms with E-state index in [1.807, 2.05) is 25.1 Å². The van der Waals surface area contributed by atoms with Crippen LogP contribution in [0.4, 0.5) is 0 Å². The summed E-state index contributed by atoms with van der Waals surface area (Å²) in [7, 11) is 1.66. The molecule has 0 aliphatic heterocycles. The second kappa shape index (κ2) is 6.33. The molecule has 0 fully saturated rings. The molecule has 4 heteroatoms. The third kappa shape index (κ3) is 3.35. The normalized spacial score (nSPS) is 12.8. The number of hydrogen-bond acceptors (Lipinski definition) is 2. The summed E-state index contributed by atoms with van der Waals surface area (Å²) in [5.74, 6) is 0. The zero-order valence-corrected chi connectivity index (χ0v) is 10.4. The fourth-order valence-corrected chi connectivity index (χ4v) is 2.16. The quantitative estimate of drug-likeness (QED) is 0.863. The van der Waals surface area contributed by atoms with Gasteiger partial charge in [0.1, 0.15) is 0 Å². The van der Waals surface area contributed by atoms with Crippen LogP contribution in [0.25, 0.3) is 0 Å². The molecule has 0 bridgehead atoms. The second-order valence-corrected chi connectivity index (χ2v) is 4.02. The van der Waals surface area contributed by atoms with Crippen molar-refractivity contribution >= 4 is 23.2 Å². The molecule has 0 aliphatic carbocycles. The van der Waals surface area contributed by atoms with E-state index in [1.54, 1.807) is 7.11 Å². The van der Waals surface area contributed by atoms with Crippen LogP contribution in [0.15, 0.2) is 18.2 Å². The molecule has 0 aliphatic rings. The maximum absolute atomic E-state index is 6.12. The van der Waals surface area contributed by atoms with Gasteiger partial charge in [0, 0.05) is 22.7 Å². The zero-order chi connectivity index (χ0) is 11.3. The predicted molar refractivity (Wildman–Crippen MR) is 64.8 cm³/mol. The number of benzene rings is 1. The highest BCUT2D eigenvalue weighted by molar-refractivity contribution is 6.36. The molecule has 0 amide bonds. The van der Waals surface area contributed by atoms with Crippen molar-refractivity contribution in [2.24, 2.45) is 0 Å². The smallest absolute Gasteiger partial charge is 0.0658 e. The van der Waals surface area contributed by atoms with E-state index in [2.05, 4.69) is 5.32 Å². The van der Waals surface area contributed by atoms with Gasteiger partial charge in [0.15, 0.2) is 0 Å². The molecule has 1 N–H and O–H groups in total. The lowest BCUT2D eigenvalue weighted by atomic mass is 10.1. The van der Waals surface area contributed by atoms with Gasteiger partial charge in [-0.3, -0.25) is 0 Å². The molecule has 0 saturated carbocycles. The highest BCUT2D eigenvalue weighted by Crippen LogP contribution is 2.30. The lowest BCUT2D eigenvalue weighted by Crippen LogP contribution is -2.25. The van der Waals surface area contributed by atoms with Crippen LogP contribution in [-0.4, -0.2) is 20.3 Å². The molecular weight excluding hydrogens is 233 g/mol. The molecule has 1 atom stereocenters. The summed E-state index contributed by atoms with van der Waals surface area (Å²) in [5, 5.41) is 4.63. The van der Waals surface area contributed by atoms with Crippen molar-refractivity contribution in [3.8, 4) is 0 Å². The lowest BCUT2D eigenvalue weighted by molar-refractivity contribution is 0.168. The Hall–Kier alpha value is -0.280. The van der Waals surface area contributed by atoms with Gasteiger partial charge in [0.05, 0.1) is 12.6 Å². The van der Waals surface area contributed by atoms with Crippen LogP contribution >= 0.6 is 23.2 Å². The van der Waals surface area contributed by atoms with Crippen LogP contribution in [0.1, 0.15) is 18.5 Å². The Kier molecular flexibility index (Phi) is 5.40. The second-order valence-electron chi connectivity index (χ2n) is 3.20. The first kappa shape index (κ1) is 12.8. The fourth-order valence-electron chi connectivity index (χ4n) is 1.50. The molecule has 1 rings (SSSR count). The first-order valence-corrected chi connectivity index (χ1v) is 5.62. The average Bonchev–Trinajstić information content (AvgIpc) is 2.18. The summed E-state index contributed by atoms with van der Waals surface area (Å²) >= 11 is 12.2. The predicted octanol–water partition coefficient (Wildman–Crippen LogP) is 3.29. The number of ether oxygens (including phenoxy) is 1. The number of likely N-dealkylation sites (N-methyl/N-ethyl adjacent to an activating group) is 1. The number of rotatable bonds is 5. The molecule has 1 unspecified atom stereocenters. The minimum Gasteiger partial charge on any atom is -0.383 e. The fraction of sp³-hybridized carbons (Fsp3) is 0.455. The minimum atomic E-state index is 0.0428. The maximum Gasteiger partial charge on any atom is 0.0658 e. The van der Waals surface area contributed by atoms with E-state index in [0.717, 1.165) is 12.1 Å². The maximum atomic E-state index is 6.12. The van der Waals surface area contributed by atoms with Crippen LogP contribution in [0.2, 0.25) is 10.0 Å². The summed E-state index contributed by atoms with van der Waals surface area (Å²) in [6.07, 6.45) is 0. The van der Waals surface area contributed by atoms with Crippen LogP contribution in [0.3, 0.4) is 0 Å². The molecule has 0 spiro atoms. The molecule has 0 heterocycles. The molecule has 2 nitrogen and oxygen atoms in total. The molecule has 0 aromatic heterocycles. The minimum absolute atomic E-state index is 0.0428. The van der Waals surface area contributed by atoms with Crippen LogP contribution in [0.5, 0.6) is 0 Å². The standard InChI is InChI=1S/C11H15Cl2NO/c1-3-14-10(7-15-2)11-8(12)5-4-6-9(11)13/h4-6,10,14H,3,7H2,1-2H3. The number of nitrogens with one attached hydrogen (secondary N) is 1. The molecule has 0 radical (unpaired) electrons. The first-order valence-electron chi connectivity index (χ1n) is 4.87. The molecule has 15 heavy (non-hydrogen) atoms. The van der Waals surface area contributed by atoms with E-state index in [9.17, 15) is 0 Å². The highest BCUT2D eigenvalue weighted by Gasteiger charge is 2.16. The van der Waals surface area contributed by atoms with Gasteiger partial charge in [-0.2, -0.15) is 0 Å². The Labute approximate surface area is 101 Å². The van der Waals surface area contributed by atoms with Crippen molar-refractivity contribution in [2.75, 3.05) is 20.3 Å². The SMILES string of the molecule is CCNC(COC)c1c(Cl)cccc1Cl. The number of methoxy groups -OCH3 is 1. The largest absolute Gasteiger partial charge is 0.383 e. The third-order valence-corrected chi connectivity index (χ3v) is 2.79. The number of halogens is 2. The van der Waals surface area contributed by atoms with E-state index in [1.165, 1.54) is 0 Å². The number of hydrogen-bond donors (Lipinski definition) is 1. The highest BCUT2D eigenvalue weighted by atomic mass is 35.5. The van der Waals surface area contributed by atoms with E-state index in [-0.39, 0.29) is 6.04 Å². The van der Waals surface area contributed by atoms with E-state index >= 15 is 0 Å². The van der Waals surface area contributed by atoms with E-state index in [0.29, 0.717) is 16.7 Å². The van der Waals surface area contributed by atoms with Gasteiger partial charge >= 0.3 is 0 Å². The van der Waals surface area contributed by atoms with Crippen molar-refractivity contribution < 1.29 is 4.74 Å². The summed E-state index contributed by atoms with van der Waals surface area (Å²) in [6, 6.07) is 5.55. The van der Waals surface area contributed by atoms with Gasteiger partial charge in [-0.1, -0.05) is 36.2 Å². The summed E-state index contributed by atoms with van der Waals surface area (Å²) in [6.45, 7) is 3.43. The average molecular weight is 248 g/mol. The van der Waals surface area contributed by atoms with E-state index < -0.39 is 0 Å². The van der Waals surface area contributed by atoms with Crippen molar-refractivity contribution in [3.63, 3.8) is 0 Å². The Morgan fingerprint density at radius 3 is 2.40 bits per heavy atom. The first-order chi connectivity index (χ1) is 7.20. The molecule has 1 aromatic rings. The lowest BCUT2D eigenvalue weighted by Gasteiger charge is -2.19. The van der Waals surface area contributed by atoms with Gasteiger partial charge < -0.3 is 10.1 Å². The summed E-state index contributed by atoms with van der Waals surface area (Å²) < 4.78 is 5.14. The van der Waals surface area contributed by atoms with Gasteiger partial charge in [-0.25, -0.2) is 0 Å². The van der Waals surface area contributed by atoms with Gasteiger partial charge in [-0.05, 0) is 18.7 Å². The summed E-state index contributed by atoms with van der Waals surface area (Å²) in [4.78, 5) is 0. The van der Waals surface area contributed by atoms with Gasteiger partial charge in [0.25, 0.3) is 0 Å². The van der Waals surface area contributed by atoms with Crippen LogP contribution < -0.4 is 5.32 Å². The molecule has 0 saturated heterocycles. The Morgan fingerprint density at radius 2 is 1.93 bits per heavy atom. The third-order valence-electron chi connectivity index (χ3n) is 2.13. The topological polar surface area (TPSA) is 21.3 Å². The van der Waals surface area contributed by atoms with Crippen LogP contribution in [0, 0.1) is 0 Å². The molecular formula is C11H15Cl2NO. The van der Waals surface area contributed by atoms with Crippen molar-refractivity contribution in [1.82, 2.24) is 5.32 Å². The van der Waals surface area contributed by atoms with E-state index in [4.69, 9.17) is 27.9 Å². The monoisotopic (exact) mass is 247 g/mol. The van der Waals surface area contributed by atoms with Crippen molar-refractivity contribution in [3.05, 3.63) is 33.8 Å². The van der Waals surface area contributed by atoms with Gasteiger partial charge in [0.2, 0.25) is 0 Å². The molecule has 1 aromatic carbocycles. The Morgan fingerprint density at radius 1 is 1.33 bits per heavy atom. The van der Waals surface area contributed by atoms with Crippen LogP contribution in [-0.2, 0) is 4.74 Å². The molecule has 84 valence electrons. The van der Waals surface area contributed by atoms with Crippen molar-refractivity contribution in [1.29, 1.82) is 0 Å². The Bertz CT molecular complexity index is 291. The zero-order valence-electron chi connectivity index (χ0n) is 8.89. The summed E-state index contributed by atoms with van der Waals surface area (Å²) in [5.41, 5.74) is 0.907. The van der Waals surface area contributed by atoms with Gasteiger partial charge in [-0.15, -0.1) is 0 Å². The van der Waals surface area contributed by atoms with Crippen molar-refractivity contribution in [2.45, 2.75) is 13.0 Å².